The van der Waals surface area contributed by atoms with Crippen molar-refractivity contribution in [1.82, 2.24) is 9.78 Å². The maximum absolute atomic E-state index is 15.3. The lowest BCUT2D eigenvalue weighted by Crippen LogP contribution is -2.51. The van der Waals surface area contributed by atoms with E-state index >= 15 is 9.59 Å². The number of aromatic nitrogens is 2. The highest BCUT2D eigenvalue weighted by atomic mass is 35.5. The number of imide groups is 2. The zero-order chi connectivity index (χ0) is 40.5. The second-order valence-electron chi connectivity index (χ2n) is 16.0. The lowest BCUT2D eigenvalue weighted by Gasteiger charge is -2.49. The van der Waals surface area contributed by atoms with Gasteiger partial charge in [-0.05, 0) is 104 Å². The molecule has 2 N–H and O–H groups in total. The number of carboxylic acid groups (broad SMARTS) is 1. The van der Waals surface area contributed by atoms with Crippen LogP contribution in [-0.4, -0.2) is 49.6 Å². The van der Waals surface area contributed by atoms with E-state index in [0.29, 0.717) is 39.8 Å². The van der Waals surface area contributed by atoms with Crippen molar-refractivity contribution >= 4 is 74.1 Å². The molecule has 2 aliphatic carbocycles. The van der Waals surface area contributed by atoms with E-state index in [9.17, 15) is 24.6 Å². The molecular formula is C44H35ClN4O8S. The third-order valence-electron chi connectivity index (χ3n) is 13.0. The smallest absolute Gasteiger partial charge is 0.335 e. The summed E-state index contributed by atoms with van der Waals surface area (Å²) >= 11 is 7.87. The van der Waals surface area contributed by atoms with E-state index in [1.54, 1.807) is 53.6 Å². The Morgan fingerprint density at radius 2 is 1.79 bits per heavy atom. The van der Waals surface area contributed by atoms with Gasteiger partial charge in [0.25, 0.3) is 0 Å². The Labute approximate surface area is 340 Å². The summed E-state index contributed by atoms with van der Waals surface area (Å²) in [5.74, 6) is -5.78. The first kappa shape index (κ1) is 36.3. The molecule has 3 aromatic carbocycles. The quantitative estimate of drug-likeness (QED) is 0.136. The Morgan fingerprint density at radius 3 is 2.59 bits per heavy atom. The molecule has 3 aliphatic heterocycles. The van der Waals surface area contributed by atoms with Crippen LogP contribution in [0.2, 0.25) is 5.02 Å². The average molecular weight is 815 g/mol. The number of fused-ring (bicyclic) bond motifs is 6. The maximum atomic E-state index is 15.3. The van der Waals surface area contributed by atoms with E-state index < -0.39 is 64.6 Å². The molecule has 14 heteroatoms. The molecular weight excluding hydrogens is 780 g/mol. The van der Waals surface area contributed by atoms with Gasteiger partial charge in [0.05, 0.1) is 45.6 Å². The van der Waals surface area contributed by atoms with Gasteiger partial charge < -0.3 is 14.9 Å². The molecule has 0 bridgehead atoms. The maximum Gasteiger partial charge on any atom is 0.335 e. The summed E-state index contributed by atoms with van der Waals surface area (Å²) < 4.78 is 8.70. The number of phenolic OH excluding ortho intramolecular Hbond substituents is 1. The normalized spacial score (nSPS) is 26.2. The topological polar surface area (TPSA) is 159 Å². The van der Waals surface area contributed by atoms with E-state index in [1.807, 2.05) is 38.1 Å². The standard InChI is InChI=1S/C44H35ClN4O8S/c1-20-29-16-24(45)7-12-34(29)58-38(20)32-18-35(47(3)46-32)49-40(52)31-17-30-27(37(44(31,2)43(49)56)23-13-22-15-26(50)8-11-33(22)57-19-23)9-10-28-36(30)41(53)48(39(28)51)25-6-4-5-21(14-25)42(54)55/h4-9,11-12,14-16,18-19,28,30-31,36-37,50H,10,13,17H2,1-3H3,(H,54,55). The fraction of sp³-hybridized carbons (Fsp3) is 0.273. The van der Waals surface area contributed by atoms with Crippen molar-refractivity contribution < 1.29 is 38.9 Å². The third-order valence-corrected chi connectivity index (χ3v) is 14.5. The van der Waals surface area contributed by atoms with Gasteiger partial charge in [0.15, 0.2) is 0 Å². The third kappa shape index (κ3) is 5.05. The Balaban J connectivity index is 1.08. The summed E-state index contributed by atoms with van der Waals surface area (Å²) in [6.45, 7) is 3.80. The molecule has 4 amide bonds. The molecule has 12 nitrogen and oxygen atoms in total. The number of rotatable bonds is 5. The fourth-order valence-corrected chi connectivity index (χ4v) is 11.6. The van der Waals surface area contributed by atoms with Gasteiger partial charge in [-0.3, -0.25) is 28.8 Å². The molecule has 5 heterocycles. The van der Waals surface area contributed by atoms with Gasteiger partial charge in [-0.1, -0.05) is 29.3 Å². The largest absolute Gasteiger partial charge is 0.508 e. The number of aromatic hydroxyl groups is 1. The van der Waals surface area contributed by atoms with E-state index in [1.165, 1.54) is 29.2 Å². The molecule has 3 fully saturated rings. The van der Waals surface area contributed by atoms with Crippen molar-refractivity contribution in [3.05, 3.63) is 112 Å². The second kappa shape index (κ2) is 12.7. The van der Waals surface area contributed by atoms with Gasteiger partial charge in [0.1, 0.15) is 23.0 Å². The predicted molar refractivity (Wildman–Crippen MR) is 216 cm³/mol. The molecule has 2 saturated heterocycles. The zero-order valence-electron chi connectivity index (χ0n) is 31.4. The number of aryl methyl sites for hydroxylation is 2. The number of thiophene rings is 1. The summed E-state index contributed by atoms with van der Waals surface area (Å²) in [6, 6.07) is 18.0. The van der Waals surface area contributed by atoms with Crippen molar-refractivity contribution in [2.75, 3.05) is 9.80 Å². The van der Waals surface area contributed by atoms with Crippen LogP contribution in [0, 0.1) is 41.9 Å². The van der Waals surface area contributed by atoms with Gasteiger partial charge in [0.2, 0.25) is 23.6 Å². The number of benzene rings is 3. The number of carboxylic acids is 1. The predicted octanol–water partition coefficient (Wildman–Crippen LogP) is 7.45. The van der Waals surface area contributed by atoms with Crippen molar-refractivity contribution in [2.45, 2.75) is 33.1 Å². The Kier molecular flexibility index (Phi) is 7.96. The zero-order valence-corrected chi connectivity index (χ0v) is 33.0. The number of ether oxygens (including phenoxy) is 1. The number of aromatic carboxylic acids is 1. The molecule has 1 saturated carbocycles. The number of nitrogens with zero attached hydrogens (tertiary/aromatic N) is 4. The van der Waals surface area contributed by atoms with Crippen molar-refractivity contribution in [1.29, 1.82) is 0 Å². The van der Waals surface area contributed by atoms with Crippen LogP contribution in [-0.2, 0) is 32.6 Å². The van der Waals surface area contributed by atoms with Crippen molar-refractivity contribution in [2.24, 2.45) is 42.1 Å². The molecule has 2 aromatic heterocycles. The van der Waals surface area contributed by atoms with Crippen LogP contribution in [0.4, 0.5) is 11.5 Å². The number of carbonyl (C=O) groups excluding carboxylic acids is 4. The molecule has 6 atom stereocenters. The number of carbonyl (C=O) groups is 5. The molecule has 292 valence electrons. The van der Waals surface area contributed by atoms with Gasteiger partial charge >= 0.3 is 5.97 Å². The second-order valence-corrected chi connectivity index (χ2v) is 17.5. The van der Waals surface area contributed by atoms with Gasteiger partial charge in [-0.25, -0.2) is 9.69 Å². The Bertz CT molecular complexity index is 2790. The number of allylic oxidation sites excluding steroid dienone is 3. The minimum Gasteiger partial charge on any atom is -0.508 e. The summed E-state index contributed by atoms with van der Waals surface area (Å²) in [4.78, 5) is 73.9. The monoisotopic (exact) mass is 814 g/mol. The number of halogens is 1. The van der Waals surface area contributed by atoms with Crippen LogP contribution >= 0.6 is 22.9 Å². The fourth-order valence-electron chi connectivity index (χ4n) is 10.3. The SMILES string of the molecule is Cc1c(-c2cc(N3C(=O)C4CC5C(=CCC6C(=O)N(c7cccc(C(=O)O)c7)C(=O)C65)C(C5=COc6ccc(O)cc6C5)C4(C)C3=O)n(C)n2)sc2ccc(Cl)cc12. The Hall–Kier alpha value is -6.05. The molecule has 0 radical (unpaired) electrons. The summed E-state index contributed by atoms with van der Waals surface area (Å²) in [5, 5.41) is 26.5. The minimum atomic E-state index is -1.33. The number of amides is 4. The lowest BCUT2D eigenvalue weighted by atomic mass is 9.51. The van der Waals surface area contributed by atoms with Gasteiger partial charge in [0, 0.05) is 40.7 Å². The number of anilines is 2. The van der Waals surface area contributed by atoms with E-state index in [4.69, 9.17) is 21.4 Å². The molecule has 5 aromatic rings. The van der Waals surface area contributed by atoms with E-state index in [2.05, 4.69) is 0 Å². The van der Waals surface area contributed by atoms with E-state index in [0.717, 1.165) is 31.0 Å². The summed E-state index contributed by atoms with van der Waals surface area (Å²) in [7, 11) is 1.70. The van der Waals surface area contributed by atoms with Crippen LogP contribution in [0.5, 0.6) is 11.5 Å². The van der Waals surface area contributed by atoms with Crippen molar-refractivity contribution in [3.63, 3.8) is 0 Å². The molecule has 6 unspecified atom stereocenters. The summed E-state index contributed by atoms with van der Waals surface area (Å²) in [6.07, 6.45) is 4.23. The summed E-state index contributed by atoms with van der Waals surface area (Å²) in [5.41, 5.74) is 2.56. The first-order valence-corrected chi connectivity index (χ1v) is 20.2. The highest BCUT2D eigenvalue weighted by Gasteiger charge is 2.68. The number of hydrogen-bond acceptors (Lipinski definition) is 9. The van der Waals surface area contributed by atoms with Crippen LogP contribution < -0.4 is 14.5 Å². The first-order chi connectivity index (χ1) is 27.8. The first-order valence-electron chi connectivity index (χ1n) is 19.0. The van der Waals surface area contributed by atoms with Crippen LogP contribution in [0.25, 0.3) is 20.7 Å². The number of phenols is 1. The van der Waals surface area contributed by atoms with Gasteiger partial charge in [-0.2, -0.15) is 5.10 Å². The molecule has 10 rings (SSSR count). The van der Waals surface area contributed by atoms with Gasteiger partial charge in [-0.15, -0.1) is 11.3 Å². The lowest BCUT2D eigenvalue weighted by molar-refractivity contribution is -0.132. The molecule has 5 aliphatic rings. The van der Waals surface area contributed by atoms with Crippen molar-refractivity contribution in [3.8, 4) is 22.1 Å². The number of hydrogen-bond donors (Lipinski definition) is 2. The van der Waals surface area contributed by atoms with Crippen LogP contribution in [0.15, 0.2) is 90.2 Å². The molecule has 58 heavy (non-hydrogen) atoms. The Morgan fingerprint density at radius 1 is 0.983 bits per heavy atom. The van der Waals surface area contributed by atoms with Crippen LogP contribution in [0.3, 0.4) is 0 Å². The van der Waals surface area contributed by atoms with Crippen LogP contribution in [0.1, 0.15) is 41.3 Å². The highest BCUT2D eigenvalue weighted by Crippen LogP contribution is 2.63. The highest BCUT2D eigenvalue weighted by molar-refractivity contribution is 7.22. The average Bonchev–Trinajstić information content (AvgIpc) is 3.87. The minimum absolute atomic E-state index is 0.0540. The molecule has 0 spiro atoms. The van der Waals surface area contributed by atoms with E-state index in [-0.39, 0.29) is 29.8 Å².